The molecule has 5 heteroatoms. The number of aryl methyl sites for hydroxylation is 3. The van der Waals surface area contributed by atoms with Crippen molar-refractivity contribution in [1.29, 1.82) is 0 Å². The summed E-state index contributed by atoms with van der Waals surface area (Å²) in [7, 11) is 0. The predicted molar refractivity (Wildman–Crippen MR) is 120 cm³/mol. The van der Waals surface area contributed by atoms with Gasteiger partial charge in [0.2, 0.25) is 0 Å². The number of aromatic nitrogens is 2. The molecule has 0 aliphatic carbocycles. The molecule has 0 saturated heterocycles. The molecule has 0 atom stereocenters. The molecule has 0 unspecified atom stereocenters. The van der Waals surface area contributed by atoms with E-state index in [9.17, 15) is 4.79 Å². The minimum atomic E-state index is -0.257. The van der Waals surface area contributed by atoms with Gasteiger partial charge >= 0.3 is 6.03 Å². The summed E-state index contributed by atoms with van der Waals surface area (Å²) in [4.78, 5) is 12.5. The van der Waals surface area contributed by atoms with Gasteiger partial charge in [0.05, 0.1) is 23.6 Å². The van der Waals surface area contributed by atoms with Gasteiger partial charge in [0, 0.05) is 5.69 Å². The van der Waals surface area contributed by atoms with Gasteiger partial charge < -0.3 is 10.6 Å². The van der Waals surface area contributed by atoms with E-state index in [2.05, 4.69) is 66.0 Å². The first-order chi connectivity index (χ1) is 14.0. The smallest absolute Gasteiger partial charge is 0.308 e. The second kappa shape index (κ2) is 9.41. The van der Waals surface area contributed by atoms with Gasteiger partial charge in [-0.2, -0.15) is 5.10 Å². The zero-order chi connectivity index (χ0) is 20.8. The van der Waals surface area contributed by atoms with Crippen molar-refractivity contribution in [1.82, 2.24) is 9.78 Å². The van der Waals surface area contributed by atoms with E-state index >= 15 is 0 Å². The lowest BCUT2D eigenvalue weighted by Gasteiger charge is -2.10. The van der Waals surface area contributed by atoms with Crippen molar-refractivity contribution in [3.05, 3.63) is 76.6 Å². The van der Waals surface area contributed by atoms with Crippen molar-refractivity contribution < 1.29 is 4.79 Å². The van der Waals surface area contributed by atoms with Crippen LogP contribution in [-0.4, -0.2) is 15.8 Å². The minimum Gasteiger partial charge on any atom is -0.308 e. The molecule has 0 bridgehead atoms. The van der Waals surface area contributed by atoms with Crippen LogP contribution in [0.15, 0.2) is 48.5 Å². The number of urea groups is 1. The lowest BCUT2D eigenvalue weighted by Crippen LogP contribution is -2.20. The fourth-order valence-corrected chi connectivity index (χ4v) is 3.43. The summed E-state index contributed by atoms with van der Waals surface area (Å²) in [5, 5.41) is 10.5. The molecule has 0 fully saturated rings. The molecule has 5 nitrogen and oxygen atoms in total. The van der Waals surface area contributed by atoms with Crippen molar-refractivity contribution >= 4 is 17.4 Å². The third kappa shape index (κ3) is 5.47. The number of carbonyl (C=O) groups is 1. The van der Waals surface area contributed by atoms with E-state index in [0.717, 1.165) is 29.2 Å². The van der Waals surface area contributed by atoms with Gasteiger partial charge in [0.1, 0.15) is 0 Å². The fraction of sp³-hybridized carbons (Fsp3) is 0.333. The molecule has 1 heterocycles. The molecule has 3 rings (SSSR count). The van der Waals surface area contributed by atoms with Crippen LogP contribution in [0.1, 0.15) is 47.8 Å². The van der Waals surface area contributed by atoms with Gasteiger partial charge in [0.15, 0.2) is 0 Å². The summed E-state index contributed by atoms with van der Waals surface area (Å²) in [5.74, 6) is 0. The standard InChI is InChI=1S/C24H30N4O/c1-5-6-9-20-11-13-22(14-12-20)25-24(29)26-23-18(3)27-28(19(23)4)16-21-10-7-8-17(2)15-21/h7-8,10-15H,5-6,9,16H2,1-4H3,(H2,25,26,29). The fourth-order valence-electron chi connectivity index (χ4n) is 3.43. The lowest BCUT2D eigenvalue weighted by molar-refractivity contribution is 0.262. The number of nitrogens with one attached hydrogen (secondary N) is 2. The zero-order valence-corrected chi connectivity index (χ0v) is 17.7. The molecule has 2 aromatic carbocycles. The van der Waals surface area contributed by atoms with Crippen LogP contribution in [0.5, 0.6) is 0 Å². The Hall–Kier alpha value is -3.08. The Morgan fingerprint density at radius 2 is 1.76 bits per heavy atom. The lowest BCUT2D eigenvalue weighted by atomic mass is 10.1. The van der Waals surface area contributed by atoms with Crippen LogP contribution in [0.2, 0.25) is 0 Å². The Balaban J connectivity index is 1.65. The number of rotatable bonds is 7. The van der Waals surface area contributed by atoms with Gasteiger partial charge in [-0.15, -0.1) is 0 Å². The number of anilines is 2. The molecule has 0 aliphatic heterocycles. The van der Waals surface area contributed by atoms with Crippen LogP contribution in [-0.2, 0) is 13.0 Å². The summed E-state index contributed by atoms with van der Waals surface area (Å²) in [6.07, 6.45) is 3.43. The van der Waals surface area contributed by atoms with E-state index in [1.807, 2.05) is 30.7 Å². The molecular weight excluding hydrogens is 360 g/mol. The summed E-state index contributed by atoms with van der Waals surface area (Å²) in [6.45, 7) is 8.84. The average Bonchev–Trinajstić information content (AvgIpc) is 2.95. The van der Waals surface area contributed by atoms with Gasteiger partial charge in [0.25, 0.3) is 0 Å². The maximum atomic E-state index is 12.5. The van der Waals surface area contributed by atoms with Crippen LogP contribution in [0.25, 0.3) is 0 Å². The maximum absolute atomic E-state index is 12.5. The summed E-state index contributed by atoms with van der Waals surface area (Å²) >= 11 is 0. The van der Waals surface area contributed by atoms with Crippen molar-refractivity contribution in [3.8, 4) is 0 Å². The second-order valence-electron chi connectivity index (χ2n) is 7.57. The number of benzene rings is 2. The zero-order valence-electron chi connectivity index (χ0n) is 17.7. The Kier molecular flexibility index (Phi) is 6.70. The van der Waals surface area contributed by atoms with Crippen molar-refractivity contribution in [2.24, 2.45) is 0 Å². The number of amides is 2. The van der Waals surface area contributed by atoms with E-state index in [0.29, 0.717) is 6.54 Å². The summed E-state index contributed by atoms with van der Waals surface area (Å²) < 4.78 is 1.93. The molecule has 1 aromatic heterocycles. The largest absolute Gasteiger partial charge is 0.323 e. The first kappa shape index (κ1) is 20.6. The van der Waals surface area contributed by atoms with Gasteiger partial charge in [-0.3, -0.25) is 4.68 Å². The topological polar surface area (TPSA) is 59.0 Å². The van der Waals surface area contributed by atoms with Gasteiger partial charge in [-0.25, -0.2) is 4.79 Å². The summed E-state index contributed by atoms with van der Waals surface area (Å²) in [5.41, 5.74) is 6.99. The third-order valence-corrected chi connectivity index (χ3v) is 5.07. The quantitative estimate of drug-likeness (QED) is 0.532. The minimum absolute atomic E-state index is 0.257. The molecule has 0 aliphatic rings. The third-order valence-electron chi connectivity index (χ3n) is 5.07. The Bertz CT molecular complexity index is 973. The molecule has 3 aromatic rings. The van der Waals surface area contributed by atoms with Crippen LogP contribution < -0.4 is 10.6 Å². The molecule has 0 spiro atoms. The van der Waals surface area contributed by atoms with Crippen LogP contribution in [0.4, 0.5) is 16.2 Å². The highest BCUT2D eigenvalue weighted by Crippen LogP contribution is 2.21. The van der Waals surface area contributed by atoms with E-state index in [1.165, 1.54) is 29.5 Å². The molecule has 152 valence electrons. The molecule has 29 heavy (non-hydrogen) atoms. The predicted octanol–water partition coefficient (Wildman–Crippen LogP) is 5.84. The first-order valence-electron chi connectivity index (χ1n) is 10.2. The number of nitrogens with zero attached hydrogens (tertiary/aromatic N) is 2. The van der Waals surface area contributed by atoms with Gasteiger partial charge in [-0.1, -0.05) is 55.3 Å². The normalized spacial score (nSPS) is 10.8. The maximum Gasteiger partial charge on any atom is 0.323 e. The number of unbranched alkanes of at least 4 members (excludes halogenated alkanes) is 1. The Morgan fingerprint density at radius 3 is 2.45 bits per heavy atom. The van der Waals surface area contributed by atoms with Gasteiger partial charge in [-0.05, 0) is 56.9 Å². The molecule has 2 N–H and O–H groups in total. The monoisotopic (exact) mass is 390 g/mol. The highest BCUT2D eigenvalue weighted by Gasteiger charge is 2.14. The summed E-state index contributed by atoms with van der Waals surface area (Å²) in [6, 6.07) is 16.2. The van der Waals surface area contributed by atoms with Crippen LogP contribution in [0, 0.1) is 20.8 Å². The number of hydrogen-bond donors (Lipinski definition) is 2. The highest BCUT2D eigenvalue weighted by atomic mass is 16.2. The van der Waals surface area contributed by atoms with Crippen molar-refractivity contribution in [2.45, 2.75) is 53.5 Å². The molecule has 0 radical (unpaired) electrons. The second-order valence-corrected chi connectivity index (χ2v) is 7.57. The molecule has 0 saturated carbocycles. The SMILES string of the molecule is CCCCc1ccc(NC(=O)Nc2c(C)nn(Cc3cccc(C)c3)c2C)cc1. The van der Waals surface area contributed by atoms with E-state index in [4.69, 9.17) is 0 Å². The average molecular weight is 391 g/mol. The number of hydrogen-bond acceptors (Lipinski definition) is 2. The van der Waals surface area contributed by atoms with Crippen molar-refractivity contribution in [2.75, 3.05) is 10.6 Å². The van der Waals surface area contributed by atoms with Crippen LogP contribution >= 0.6 is 0 Å². The van der Waals surface area contributed by atoms with E-state index < -0.39 is 0 Å². The first-order valence-corrected chi connectivity index (χ1v) is 10.2. The Morgan fingerprint density at radius 1 is 1.00 bits per heavy atom. The highest BCUT2D eigenvalue weighted by molar-refractivity contribution is 6.00. The van der Waals surface area contributed by atoms with Crippen molar-refractivity contribution in [3.63, 3.8) is 0 Å². The van der Waals surface area contributed by atoms with Crippen LogP contribution in [0.3, 0.4) is 0 Å². The molecule has 2 amide bonds. The number of carbonyl (C=O) groups excluding carboxylic acids is 1. The van der Waals surface area contributed by atoms with E-state index in [1.54, 1.807) is 0 Å². The molecular formula is C24H30N4O. The Labute approximate surface area is 173 Å². The van der Waals surface area contributed by atoms with E-state index in [-0.39, 0.29) is 6.03 Å².